The molecule has 5 heteroatoms. The van der Waals surface area contributed by atoms with Crippen molar-refractivity contribution in [1.82, 2.24) is 10.1 Å². The minimum atomic E-state index is 0.261. The number of aromatic hydroxyl groups is 1. The standard InChI is InChI=1S/C13H10N2O2S/c1-8-7-9(4-5-10(8)16)13-14-12(15-17-13)11-3-2-6-18-11/h2-7,16H,1H3. The summed E-state index contributed by atoms with van der Waals surface area (Å²) in [4.78, 5) is 5.32. The molecular formula is C13H10N2O2S. The Morgan fingerprint density at radius 3 is 2.89 bits per heavy atom. The van der Waals surface area contributed by atoms with E-state index in [0.717, 1.165) is 16.0 Å². The summed E-state index contributed by atoms with van der Waals surface area (Å²) < 4.78 is 5.23. The maximum Gasteiger partial charge on any atom is 0.258 e. The Hall–Kier alpha value is -2.14. The largest absolute Gasteiger partial charge is 0.508 e. The molecule has 3 aromatic rings. The van der Waals surface area contributed by atoms with Crippen molar-refractivity contribution in [2.45, 2.75) is 6.92 Å². The number of phenolic OH excluding ortho intramolecular Hbond substituents is 1. The predicted octanol–water partition coefficient (Wildman–Crippen LogP) is 3.48. The fourth-order valence-electron chi connectivity index (χ4n) is 1.64. The zero-order valence-electron chi connectivity index (χ0n) is 9.62. The van der Waals surface area contributed by atoms with Gasteiger partial charge in [0.2, 0.25) is 5.82 Å². The molecule has 0 fully saturated rings. The Labute approximate surface area is 108 Å². The van der Waals surface area contributed by atoms with Crippen LogP contribution in [-0.4, -0.2) is 15.2 Å². The molecule has 0 radical (unpaired) electrons. The fraction of sp³-hybridized carbons (Fsp3) is 0.0769. The minimum Gasteiger partial charge on any atom is -0.508 e. The highest BCUT2D eigenvalue weighted by molar-refractivity contribution is 7.13. The van der Waals surface area contributed by atoms with E-state index in [9.17, 15) is 5.11 Å². The maximum absolute atomic E-state index is 9.48. The molecule has 4 nitrogen and oxygen atoms in total. The molecule has 0 unspecified atom stereocenters. The van der Waals surface area contributed by atoms with E-state index in [4.69, 9.17) is 4.52 Å². The Bertz CT molecular complexity index is 674. The summed E-state index contributed by atoms with van der Waals surface area (Å²) in [5.74, 6) is 1.31. The highest BCUT2D eigenvalue weighted by atomic mass is 32.1. The number of aromatic nitrogens is 2. The number of nitrogens with zero attached hydrogens (tertiary/aromatic N) is 2. The molecule has 2 aromatic heterocycles. The van der Waals surface area contributed by atoms with Gasteiger partial charge in [0.25, 0.3) is 5.89 Å². The lowest BCUT2D eigenvalue weighted by atomic mass is 10.1. The van der Waals surface area contributed by atoms with Crippen LogP contribution in [0.5, 0.6) is 5.75 Å². The van der Waals surface area contributed by atoms with Crippen molar-refractivity contribution in [1.29, 1.82) is 0 Å². The first-order chi connectivity index (χ1) is 8.74. The van der Waals surface area contributed by atoms with Gasteiger partial charge >= 0.3 is 0 Å². The van der Waals surface area contributed by atoms with Crippen LogP contribution >= 0.6 is 11.3 Å². The highest BCUT2D eigenvalue weighted by Crippen LogP contribution is 2.27. The first kappa shape index (κ1) is 11.0. The normalized spacial score (nSPS) is 10.7. The number of phenols is 1. The molecule has 18 heavy (non-hydrogen) atoms. The van der Waals surface area contributed by atoms with Crippen LogP contribution in [0.15, 0.2) is 40.2 Å². The second-order valence-corrected chi connectivity index (χ2v) is 4.85. The van der Waals surface area contributed by atoms with Gasteiger partial charge in [-0.2, -0.15) is 4.98 Å². The number of benzene rings is 1. The summed E-state index contributed by atoms with van der Waals surface area (Å²) in [5, 5.41) is 15.4. The van der Waals surface area contributed by atoms with E-state index in [1.165, 1.54) is 0 Å². The van der Waals surface area contributed by atoms with E-state index >= 15 is 0 Å². The first-order valence-corrected chi connectivity index (χ1v) is 6.29. The van der Waals surface area contributed by atoms with Crippen LogP contribution in [-0.2, 0) is 0 Å². The zero-order valence-corrected chi connectivity index (χ0v) is 10.4. The van der Waals surface area contributed by atoms with Gasteiger partial charge in [0, 0.05) is 5.56 Å². The van der Waals surface area contributed by atoms with Crippen molar-refractivity contribution < 1.29 is 9.63 Å². The van der Waals surface area contributed by atoms with Crippen LogP contribution in [0.1, 0.15) is 5.56 Å². The summed E-state index contributed by atoms with van der Waals surface area (Å²) >= 11 is 1.57. The van der Waals surface area contributed by atoms with Crippen LogP contribution in [0.2, 0.25) is 0 Å². The molecule has 0 saturated heterocycles. The highest BCUT2D eigenvalue weighted by Gasteiger charge is 2.11. The number of rotatable bonds is 2. The van der Waals surface area contributed by atoms with E-state index in [1.807, 2.05) is 30.5 Å². The molecule has 0 aliphatic heterocycles. The van der Waals surface area contributed by atoms with Crippen molar-refractivity contribution in [2.24, 2.45) is 0 Å². The third-order valence-electron chi connectivity index (χ3n) is 2.61. The molecule has 0 spiro atoms. The van der Waals surface area contributed by atoms with Gasteiger partial charge in [-0.05, 0) is 42.1 Å². The lowest BCUT2D eigenvalue weighted by Gasteiger charge is -1.99. The molecule has 1 aromatic carbocycles. The van der Waals surface area contributed by atoms with E-state index in [1.54, 1.807) is 23.5 Å². The van der Waals surface area contributed by atoms with Gasteiger partial charge in [0.05, 0.1) is 4.88 Å². The summed E-state index contributed by atoms with van der Waals surface area (Å²) in [6.45, 7) is 1.83. The lowest BCUT2D eigenvalue weighted by molar-refractivity contribution is 0.432. The van der Waals surface area contributed by atoms with Crippen molar-refractivity contribution >= 4 is 11.3 Å². The molecule has 0 saturated carbocycles. The van der Waals surface area contributed by atoms with Gasteiger partial charge in [-0.1, -0.05) is 11.2 Å². The quantitative estimate of drug-likeness (QED) is 0.764. The summed E-state index contributed by atoms with van der Waals surface area (Å²) in [5.41, 5.74) is 1.59. The van der Waals surface area contributed by atoms with Crippen molar-refractivity contribution in [3.8, 4) is 27.9 Å². The number of hydrogen-bond acceptors (Lipinski definition) is 5. The Kier molecular flexibility index (Phi) is 2.60. The monoisotopic (exact) mass is 258 g/mol. The second kappa shape index (κ2) is 4.27. The molecule has 0 aliphatic carbocycles. The smallest absolute Gasteiger partial charge is 0.258 e. The summed E-state index contributed by atoms with van der Waals surface area (Å²) in [6.07, 6.45) is 0. The van der Waals surface area contributed by atoms with Gasteiger partial charge in [0.15, 0.2) is 0 Å². The third-order valence-corrected chi connectivity index (χ3v) is 3.48. The Morgan fingerprint density at radius 2 is 2.17 bits per heavy atom. The molecule has 0 aliphatic rings. The van der Waals surface area contributed by atoms with Gasteiger partial charge < -0.3 is 9.63 Å². The molecule has 3 rings (SSSR count). The molecule has 1 N–H and O–H groups in total. The van der Waals surface area contributed by atoms with E-state index in [2.05, 4.69) is 10.1 Å². The number of thiophene rings is 1. The fourth-order valence-corrected chi connectivity index (χ4v) is 2.28. The average molecular weight is 258 g/mol. The molecule has 2 heterocycles. The lowest BCUT2D eigenvalue weighted by Crippen LogP contribution is -1.81. The Balaban J connectivity index is 2.00. The molecule has 90 valence electrons. The van der Waals surface area contributed by atoms with Gasteiger partial charge in [-0.3, -0.25) is 0 Å². The molecule has 0 amide bonds. The van der Waals surface area contributed by atoms with Crippen LogP contribution in [0.25, 0.3) is 22.2 Å². The minimum absolute atomic E-state index is 0.261. The average Bonchev–Trinajstić information content (AvgIpc) is 3.01. The third kappa shape index (κ3) is 1.89. The molecule has 0 atom stereocenters. The summed E-state index contributed by atoms with van der Waals surface area (Å²) in [7, 11) is 0. The maximum atomic E-state index is 9.48. The summed E-state index contributed by atoms with van der Waals surface area (Å²) in [6, 6.07) is 9.09. The first-order valence-electron chi connectivity index (χ1n) is 5.41. The predicted molar refractivity (Wildman–Crippen MR) is 69.4 cm³/mol. The van der Waals surface area contributed by atoms with E-state index < -0.39 is 0 Å². The van der Waals surface area contributed by atoms with Gasteiger partial charge in [-0.15, -0.1) is 11.3 Å². The molecule has 0 bridgehead atoms. The van der Waals surface area contributed by atoms with Gasteiger partial charge in [0.1, 0.15) is 5.75 Å². The van der Waals surface area contributed by atoms with E-state index in [0.29, 0.717) is 11.7 Å². The van der Waals surface area contributed by atoms with Crippen LogP contribution in [0.3, 0.4) is 0 Å². The SMILES string of the molecule is Cc1cc(-c2nc(-c3cccs3)no2)ccc1O. The van der Waals surface area contributed by atoms with Gasteiger partial charge in [-0.25, -0.2) is 0 Å². The number of aryl methyl sites for hydroxylation is 1. The van der Waals surface area contributed by atoms with Crippen molar-refractivity contribution in [2.75, 3.05) is 0 Å². The second-order valence-electron chi connectivity index (χ2n) is 3.90. The van der Waals surface area contributed by atoms with E-state index in [-0.39, 0.29) is 5.75 Å². The van der Waals surface area contributed by atoms with Crippen molar-refractivity contribution in [3.05, 3.63) is 41.3 Å². The van der Waals surface area contributed by atoms with Crippen LogP contribution < -0.4 is 0 Å². The Morgan fingerprint density at radius 1 is 1.28 bits per heavy atom. The molecular weight excluding hydrogens is 248 g/mol. The topological polar surface area (TPSA) is 59.2 Å². The van der Waals surface area contributed by atoms with Crippen molar-refractivity contribution in [3.63, 3.8) is 0 Å². The number of hydrogen-bond donors (Lipinski definition) is 1. The zero-order chi connectivity index (χ0) is 12.5. The van der Waals surface area contributed by atoms with Crippen LogP contribution in [0.4, 0.5) is 0 Å². The van der Waals surface area contributed by atoms with Crippen LogP contribution in [0, 0.1) is 6.92 Å².